The summed E-state index contributed by atoms with van der Waals surface area (Å²) < 4.78 is 0. The fourth-order valence-corrected chi connectivity index (χ4v) is 3.80. The van der Waals surface area contributed by atoms with Gasteiger partial charge in [-0.3, -0.25) is 9.59 Å². The number of nitrogens with one attached hydrogen (secondary N) is 1. The molecule has 3 aromatic carbocycles. The van der Waals surface area contributed by atoms with E-state index in [1.165, 1.54) is 0 Å². The number of rotatable bonds is 8. The zero-order chi connectivity index (χ0) is 21.6. The first-order chi connectivity index (χ1) is 14.5. The second-order valence-corrected chi connectivity index (χ2v) is 7.44. The van der Waals surface area contributed by atoms with Gasteiger partial charge in [0.05, 0.1) is 0 Å². The number of hydrogen-bond donors (Lipinski definition) is 2. The van der Waals surface area contributed by atoms with Crippen LogP contribution in [0.3, 0.4) is 0 Å². The Morgan fingerprint density at radius 2 is 1.20 bits per heavy atom. The predicted octanol–water partition coefficient (Wildman–Crippen LogP) is 3.96. The van der Waals surface area contributed by atoms with E-state index in [0.29, 0.717) is 0 Å². The van der Waals surface area contributed by atoms with E-state index >= 15 is 0 Å². The van der Waals surface area contributed by atoms with Crippen molar-refractivity contribution in [2.45, 2.75) is 24.8 Å². The summed E-state index contributed by atoms with van der Waals surface area (Å²) in [5.41, 5.74) is 7.63. The van der Waals surface area contributed by atoms with Crippen molar-refractivity contribution < 1.29 is 9.59 Å². The first-order valence-electron chi connectivity index (χ1n) is 9.87. The molecular formula is C26H26N2O2. The molecule has 0 bridgehead atoms. The summed E-state index contributed by atoms with van der Waals surface area (Å²) in [4.78, 5) is 26.1. The molecule has 0 unspecified atom stereocenters. The van der Waals surface area contributed by atoms with Crippen molar-refractivity contribution in [3.8, 4) is 0 Å². The van der Waals surface area contributed by atoms with Gasteiger partial charge in [0, 0.05) is 0 Å². The van der Waals surface area contributed by atoms with E-state index in [2.05, 4.69) is 11.9 Å². The molecule has 3 N–H and O–H groups in total. The number of amides is 2. The van der Waals surface area contributed by atoms with E-state index in [-0.39, 0.29) is 12.3 Å². The highest BCUT2D eigenvalue weighted by Crippen LogP contribution is 2.39. The van der Waals surface area contributed by atoms with E-state index < -0.39 is 17.4 Å². The Balaban J connectivity index is 2.24. The summed E-state index contributed by atoms with van der Waals surface area (Å²) in [6.45, 7) is 5.67. The molecule has 1 atom stereocenters. The van der Waals surface area contributed by atoms with Gasteiger partial charge in [-0.05, 0) is 30.0 Å². The van der Waals surface area contributed by atoms with Crippen molar-refractivity contribution in [2.75, 3.05) is 0 Å². The molecule has 0 aliphatic carbocycles. The van der Waals surface area contributed by atoms with Crippen molar-refractivity contribution in [3.05, 3.63) is 120 Å². The SMILES string of the molecule is C=C(C)C[C@@H](NC(=O)C(c1ccccc1)(c1ccccc1)c1ccccc1)C(N)=O. The maximum absolute atomic E-state index is 14.0. The van der Waals surface area contributed by atoms with Crippen molar-refractivity contribution in [1.82, 2.24) is 5.32 Å². The molecule has 3 aromatic rings. The Hall–Kier alpha value is -3.66. The summed E-state index contributed by atoms with van der Waals surface area (Å²) in [6, 6.07) is 27.9. The molecule has 0 saturated carbocycles. The van der Waals surface area contributed by atoms with Crippen molar-refractivity contribution in [1.29, 1.82) is 0 Å². The Kier molecular flexibility index (Phi) is 6.48. The quantitative estimate of drug-likeness (QED) is 0.445. The summed E-state index contributed by atoms with van der Waals surface area (Å²) in [6.07, 6.45) is 0.287. The predicted molar refractivity (Wildman–Crippen MR) is 120 cm³/mol. The fourth-order valence-electron chi connectivity index (χ4n) is 3.80. The van der Waals surface area contributed by atoms with Gasteiger partial charge in [-0.15, -0.1) is 6.58 Å². The van der Waals surface area contributed by atoms with E-state index in [0.717, 1.165) is 22.3 Å². The third-order valence-electron chi connectivity index (χ3n) is 5.16. The molecule has 0 radical (unpaired) electrons. The molecule has 0 heterocycles. The number of hydrogen-bond acceptors (Lipinski definition) is 2. The van der Waals surface area contributed by atoms with Crippen LogP contribution in [0, 0.1) is 0 Å². The van der Waals surface area contributed by atoms with Gasteiger partial charge in [0.15, 0.2) is 0 Å². The normalized spacial score (nSPS) is 12.0. The van der Waals surface area contributed by atoms with Crippen LogP contribution in [0.1, 0.15) is 30.0 Å². The maximum Gasteiger partial charge on any atom is 0.240 e. The minimum absolute atomic E-state index is 0.287. The van der Waals surface area contributed by atoms with Crippen LogP contribution in [-0.2, 0) is 15.0 Å². The Bertz CT molecular complexity index is 918. The van der Waals surface area contributed by atoms with Crippen LogP contribution in [0.4, 0.5) is 0 Å². The third kappa shape index (κ3) is 4.18. The molecule has 2 amide bonds. The molecule has 0 aromatic heterocycles. The van der Waals surface area contributed by atoms with Gasteiger partial charge >= 0.3 is 0 Å². The highest BCUT2D eigenvalue weighted by molar-refractivity contribution is 5.98. The first kappa shape index (κ1) is 21.1. The van der Waals surface area contributed by atoms with E-state index in [4.69, 9.17) is 5.73 Å². The Morgan fingerprint density at radius 3 is 1.50 bits per heavy atom. The van der Waals surface area contributed by atoms with Crippen molar-refractivity contribution in [2.24, 2.45) is 5.73 Å². The second kappa shape index (κ2) is 9.23. The summed E-state index contributed by atoms with van der Waals surface area (Å²) in [7, 11) is 0. The molecule has 3 rings (SSSR count). The third-order valence-corrected chi connectivity index (χ3v) is 5.16. The van der Waals surface area contributed by atoms with Crippen molar-refractivity contribution in [3.63, 3.8) is 0 Å². The second-order valence-electron chi connectivity index (χ2n) is 7.44. The van der Waals surface area contributed by atoms with Crippen LogP contribution < -0.4 is 11.1 Å². The lowest BCUT2D eigenvalue weighted by Crippen LogP contribution is -2.53. The van der Waals surface area contributed by atoms with Crippen LogP contribution in [0.5, 0.6) is 0 Å². The molecule has 30 heavy (non-hydrogen) atoms. The van der Waals surface area contributed by atoms with Crippen molar-refractivity contribution >= 4 is 11.8 Å². The molecular weight excluding hydrogens is 372 g/mol. The highest BCUT2D eigenvalue weighted by Gasteiger charge is 2.44. The topological polar surface area (TPSA) is 72.2 Å². The van der Waals surface area contributed by atoms with E-state index in [9.17, 15) is 9.59 Å². The first-order valence-corrected chi connectivity index (χ1v) is 9.87. The average Bonchev–Trinajstić information content (AvgIpc) is 2.76. The number of benzene rings is 3. The average molecular weight is 399 g/mol. The smallest absolute Gasteiger partial charge is 0.240 e. The lowest BCUT2D eigenvalue weighted by Gasteiger charge is -2.35. The van der Waals surface area contributed by atoms with E-state index in [1.807, 2.05) is 91.0 Å². The largest absolute Gasteiger partial charge is 0.368 e. The molecule has 152 valence electrons. The molecule has 4 heteroatoms. The number of primary amides is 1. The lowest BCUT2D eigenvalue weighted by atomic mass is 9.68. The van der Waals surface area contributed by atoms with Crippen LogP contribution >= 0.6 is 0 Å². The van der Waals surface area contributed by atoms with Gasteiger partial charge in [0.1, 0.15) is 11.5 Å². The van der Waals surface area contributed by atoms with Crippen LogP contribution in [0.15, 0.2) is 103 Å². The highest BCUT2D eigenvalue weighted by atomic mass is 16.2. The van der Waals surface area contributed by atoms with Crippen LogP contribution in [-0.4, -0.2) is 17.9 Å². The molecule has 4 nitrogen and oxygen atoms in total. The number of nitrogens with two attached hydrogens (primary N) is 1. The minimum Gasteiger partial charge on any atom is -0.368 e. The lowest BCUT2D eigenvalue weighted by molar-refractivity contribution is -0.129. The van der Waals surface area contributed by atoms with Crippen LogP contribution in [0.25, 0.3) is 0 Å². The summed E-state index contributed by atoms with van der Waals surface area (Å²) in [5.74, 6) is -0.898. The molecule has 0 aliphatic rings. The zero-order valence-corrected chi connectivity index (χ0v) is 17.0. The molecule has 0 spiro atoms. The minimum atomic E-state index is -1.15. The number of carbonyl (C=O) groups excluding carboxylic acids is 2. The standard InChI is InChI=1S/C26H26N2O2/c1-19(2)18-23(24(27)29)28-25(30)26(20-12-6-3-7-13-20,21-14-8-4-9-15-21)22-16-10-5-11-17-22/h3-17,23H,1,18H2,2H3,(H2,27,29)(H,28,30)/t23-/m1/s1. The summed E-state index contributed by atoms with van der Waals surface area (Å²) in [5, 5.41) is 2.91. The number of carbonyl (C=O) groups is 2. The van der Waals surface area contributed by atoms with Gasteiger partial charge in [-0.25, -0.2) is 0 Å². The Labute approximate surface area is 177 Å². The zero-order valence-electron chi connectivity index (χ0n) is 17.0. The fraction of sp³-hybridized carbons (Fsp3) is 0.154. The molecule has 0 saturated heterocycles. The van der Waals surface area contributed by atoms with E-state index in [1.54, 1.807) is 6.92 Å². The van der Waals surface area contributed by atoms with Gasteiger partial charge < -0.3 is 11.1 Å². The van der Waals surface area contributed by atoms with Gasteiger partial charge in [0.25, 0.3) is 0 Å². The van der Waals surface area contributed by atoms with Gasteiger partial charge in [0.2, 0.25) is 11.8 Å². The Morgan fingerprint density at radius 1 is 0.833 bits per heavy atom. The maximum atomic E-state index is 14.0. The monoisotopic (exact) mass is 398 g/mol. The van der Waals surface area contributed by atoms with Crippen LogP contribution in [0.2, 0.25) is 0 Å². The molecule has 0 aliphatic heterocycles. The molecule has 0 fully saturated rings. The van der Waals surface area contributed by atoms with Gasteiger partial charge in [-0.1, -0.05) is 96.6 Å². The summed E-state index contributed by atoms with van der Waals surface area (Å²) >= 11 is 0. The van der Waals surface area contributed by atoms with Gasteiger partial charge in [-0.2, -0.15) is 0 Å².